The van der Waals surface area contributed by atoms with E-state index in [2.05, 4.69) is 0 Å². The smallest absolute Gasteiger partial charge is 0.237 e. The molecule has 0 saturated carbocycles. The molecule has 0 aliphatic carbocycles. The van der Waals surface area contributed by atoms with E-state index in [-0.39, 0.29) is 13.2 Å². The number of primary amides is 1. The summed E-state index contributed by atoms with van der Waals surface area (Å²) >= 11 is 0. The van der Waals surface area contributed by atoms with Crippen LogP contribution in [0.2, 0.25) is 0 Å². The Kier molecular flexibility index (Phi) is 4.08. The maximum Gasteiger partial charge on any atom is 0.237 e. The van der Waals surface area contributed by atoms with Gasteiger partial charge in [-0.05, 0) is 17.7 Å². The van der Waals surface area contributed by atoms with Crippen LogP contribution in [0.25, 0.3) is 0 Å². The van der Waals surface area contributed by atoms with Gasteiger partial charge in [-0.2, -0.15) is 0 Å². The van der Waals surface area contributed by atoms with E-state index in [9.17, 15) is 4.79 Å². The van der Waals surface area contributed by atoms with Crippen molar-refractivity contribution in [1.82, 2.24) is 0 Å². The third-order valence-corrected chi connectivity index (χ3v) is 1.88. The van der Waals surface area contributed by atoms with Crippen LogP contribution in [-0.4, -0.2) is 23.7 Å². The quantitative estimate of drug-likeness (QED) is 0.602. The third-order valence-electron chi connectivity index (χ3n) is 1.88. The largest absolute Gasteiger partial charge is 0.491 e. The standard InChI is InChI=1S/C10H14N2O3/c11-9(10(12)14)6-15-8-3-1-2-7(4-8)5-13/h1-4,9,13H,5-6,11H2,(H2,12,14). The molecule has 1 aromatic rings. The van der Waals surface area contributed by atoms with Gasteiger partial charge in [-0.1, -0.05) is 12.1 Å². The summed E-state index contributed by atoms with van der Waals surface area (Å²) in [6.45, 7) is -0.0245. The average molecular weight is 210 g/mol. The molecule has 5 heteroatoms. The van der Waals surface area contributed by atoms with Crippen molar-refractivity contribution in [3.05, 3.63) is 29.8 Å². The van der Waals surface area contributed by atoms with Crippen LogP contribution in [0.3, 0.4) is 0 Å². The van der Waals surface area contributed by atoms with Gasteiger partial charge in [-0.25, -0.2) is 0 Å². The van der Waals surface area contributed by atoms with Crippen LogP contribution in [0.1, 0.15) is 5.56 Å². The third kappa shape index (κ3) is 3.57. The van der Waals surface area contributed by atoms with Gasteiger partial charge in [0, 0.05) is 0 Å². The van der Waals surface area contributed by atoms with Gasteiger partial charge in [0.15, 0.2) is 0 Å². The summed E-state index contributed by atoms with van der Waals surface area (Å²) in [5, 5.41) is 8.87. The van der Waals surface area contributed by atoms with Crippen molar-refractivity contribution in [1.29, 1.82) is 0 Å². The maximum atomic E-state index is 10.6. The van der Waals surface area contributed by atoms with Crippen molar-refractivity contribution in [2.24, 2.45) is 11.5 Å². The van der Waals surface area contributed by atoms with Crippen molar-refractivity contribution in [2.75, 3.05) is 6.61 Å². The zero-order valence-electron chi connectivity index (χ0n) is 8.22. The fraction of sp³-hybridized carbons (Fsp3) is 0.300. The van der Waals surface area contributed by atoms with Crippen molar-refractivity contribution < 1.29 is 14.6 Å². The van der Waals surface area contributed by atoms with Crippen molar-refractivity contribution in [3.8, 4) is 5.75 Å². The Hall–Kier alpha value is -1.59. The summed E-state index contributed by atoms with van der Waals surface area (Å²) in [7, 11) is 0. The molecule has 15 heavy (non-hydrogen) atoms. The van der Waals surface area contributed by atoms with E-state index in [1.54, 1.807) is 24.3 Å². The summed E-state index contributed by atoms with van der Waals surface area (Å²) in [5.74, 6) is -0.0495. The highest BCUT2D eigenvalue weighted by Crippen LogP contribution is 2.13. The highest BCUT2D eigenvalue weighted by Gasteiger charge is 2.09. The molecule has 1 rings (SSSR count). The highest BCUT2D eigenvalue weighted by molar-refractivity contribution is 5.79. The van der Waals surface area contributed by atoms with Crippen molar-refractivity contribution >= 4 is 5.91 Å². The number of carbonyl (C=O) groups excluding carboxylic acids is 1. The predicted octanol–water partition coefficient (Wildman–Crippen LogP) is -0.630. The van der Waals surface area contributed by atoms with Crippen LogP contribution >= 0.6 is 0 Å². The molecule has 0 spiro atoms. The lowest BCUT2D eigenvalue weighted by atomic mass is 10.2. The highest BCUT2D eigenvalue weighted by atomic mass is 16.5. The first-order valence-electron chi connectivity index (χ1n) is 4.51. The fourth-order valence-corrected chi connectivity index (χ4v) is 1.00. The van der Waals surface area contributed by atoms with Gasteiger partial charge in [0.25, 0.3) is 0 Å². The first kappa shape index (κ1) is 11.5. The summed E-state index contributed by atoms with van der Waals surface area (Å²) < 4.78 is 5.23. The van der Waals surface area contributed by atoms with Crippen LogP contribution in [-0.2, 0) is 11.4 Å². The van der Waals surface area contributed by atoms with Gasteiger partial charge in [-0.3, -0.25) is 4.79 Å². The van der Waals surface area contributed by atoms with Gasteiger partial charge >= 0.3 is 0 Å². The van der Waals surface area contributed by atoms with Crippen LogP contribution in [0.5, 0.6) is 5.75 Å². The second-order valence-electron chi connectivity index (χ2n) is 3.13. The molecule has 1 amide bonds. The molecule has 0 radical (unpaired) electrons. The molecule has 0 fully saturated rings. The minimum atomic E-state index is -0.817. The Bertz CT molecular complexity index is 341. The number of aliphatic hydroxyl groups excluding tert-OH is 1. The Morgan fingerprint density at radius 3 is 2.87 bits per heavy atom. The number of hydrogen-bond donors (Lipinski definition) is 3. The van der Waals surface area contributed by atoms with E-state index in [0.29, 0.717) is 5.75 Å². The Balaban J connectivity index is 2.53. The van der Waals surface area contributed by atoms with Crippen molar-refractivity contribution in [2.45, 2.75) is 12.6 Å². The average Bonchev–Trinajstić information content (AvgIpc) is 2.26. The molecular formula is C10H14N2O3. The Morgan fingerprint density at radius 2 is 2.27 bits per heavy atom. The number of aliphatic hydroxyl groups is 1. The Morgan fingerprint density at radius 1 is 1.53 bits per heavy atom. The Labute approximate surface area is 87.6 Å². The molecule has 0 aliphatic rings. The molecule has 0 bridgehead atoms. The maximum absolute atomic E-state index is 10.6. The van der Waals surface area contributed by atoms with Crippen molar-refractivity contribution in [3.63, 3.8) is 0 Å². The molecule has 1 atom stereocenters. The first-order chi connectivity index (χ1) is 7.13. The summed E-state index contributed by atoms with van der Waals surface area (Å²) in [6.07, 6.45) is 0. The molecule has 5 nitrogen and oxygen atoms in total. The predicted molar refractivity (Wildman–Crippen MR) is 55.0 cm³/mol. The van der Waals surface area contributed by atoms with E-state index < -0.39 is 11.9 Å². The lowest BCUT2D eigenvalue weighted by molar-refractivity contribution is -0.119. The topological polar surface area (TPSA) is 98.6 Å². The molecular weight excluding hydrogens is 196 g/mol. The van der Waals surface area contributed by atoms with Crippen LogP contribution in [0, 0.1) is 0 Å². The van der Waals surface area contributed by atoms with Gasteiger partial charge in [0.05, 0.1) is 6.61 Å². The summed E-state index contributed by atoms with van der Waals surface area (Å²) in [5.41, 5.74) is 11.1. The van der Waals surface area contributed by atoms with Gasteiger partial charge < -0.3 is 21.3 Å². The van der Waals surface area contributed by atoms with E-state index in [1.165, 1.54) is 0 Å². The zero-order valence-corrected chi connectivity index (χ0v) is 8.22. The van der Waals surface area contributed by atoms with Crippen LogP contribution in [0.15, 0.2) is 24.3 Å². The van der Waals surface area contributed by atoms with E-state index >= 15 is 0 Å². The zero-order chi connectivity index (χ0) is 11.3. The minimum Gasteiger partial charge on any atom is -0.491 e. The molecule has 1 unspecified atom stereocenters. The number of carbonyl (C=O) groups is 1. The van der Waals surface area contributed by atoms with Crippen LogP contribution < -0.4 is 16.2 Å². The molecule has 0 aromatic heterocycles. The lowest BCUT2D eigenvalue weighted by Gasteiger charge is -2.10. The van der Waals surface area contributed by atoms with Crippen LogP contribution in [0.4, 0.5) is 0 Å². The number of nitrogens with two attached hydrogens (primary N) is 2. The van der Waals surface area contributed by atoms with Gasteiger partial charge in [0.1, 0.15) is 18.4 Å². The number of hydrogen-bond acceptors (Lipinski definition) is 4. The number of ether oxygens (including phenoxy) is 1. The second kappa shape index (κ2) is 5.33. The number of benzene rings is 1. The van der Waals surface area contributed by atoms with Gasteiger partial charge in [-0.15, -0.1) is 0 Å². The normalized spacial score (nSPS) is 12.1. The molecule has 82 valence electrons. The number of amides is 1. The molecule has 0 saturated heterocycles. The molecule has 0 aliphatic heterocycles. The summed E-state index contributed by atoms with van der Waals surface area (Å²) in [6, 6.07) is 6.08. The van der Waals surface area contributed by atoms with Gasteiger partial charge in [0.2, 0.25) is 5.91 Å². The van der Waals surface area contributed by atoms with E-state index in [4.69, 9.17) is 21.3 Å². The molecule has 0 heterocycles. The molecule has 1 aromatic carbocycles. The summed E-state index contributed by atoms with van der Waals surface area (Å²) in [4.78, 5) is 10.6. The fourth-order valence-electron chi connectivity index (χ4n) is 1.00. The number of rotatable bonds is 5. The lowest BCUT2D eigenvalue weighted by Crippen LogP contribution is -2.41. The first-order valence-corrected chi connectivity index (χ1v) is 4.51. The minimum absolute atomic E-state index is 0.0320. The second-order valence-corrected chi connectivity index (χ2v) is 3.13. The molecule has 5 N–H and O–H groups in total. The monoisotopic (exact) mass is 210 g/mol. The van der Waals surface area contributed by atoms with E-state index in [1.807, 2.05) is 0 Å². The SMILES string of the molecule is NC(=O)C(N)COc1cccc(CO)c1. The van der Waals surface area contributed by atoms with E-state index in [0.717, 1.165) is 5.56 Å².